The third kappa shape index (κ3) is 3.12. The van der Waals surface area contributed by atoms with Crippen LogP contribution in [0.5, 0.6) is 0 Å². The number of halogens is 1. The summed E-state index contributed by atoms with van der Waals surface area (Å²) >= 11 is 5.18. The second-order valence-electron chi connectivity index (χ2n) is 5.54. The van der Waals surface area contributed by atoms with E-state index in [1.54, 1.807) is 11.3 Å². The molecule has 1 aliphatic carbocycles. The van der Waals surface area contributed by atoms with Gasteiger partial charge < -0.3 is 5.11 Å². The van der Waals surface area contributed by atoms with Crippen molar-refractivity contribution in [2.24, 2.45) is 17.8 Å². The summed E-state index contributed by atoms with van der Waals surface area (Å²) in [5.41, 5.74) is 1.09. The van der Waals surface area contributed by atoms with E-state index in [4.69, 9.17) is 0 Å². The van der Waals surface area contributed by atoms with Crippen LogP contribution in [0, 0.1) is 17.8 Å². The van der Waals surface area contributed by atoms with Gasteiger partial charge in [0.1, 0.15) is 0 Å². The van der Waals surface area contributed by atoms with Gasteiger partial charge in [0.15, 0.2) is 0 Å². The molecule has 0 bridgehead atoms. The van der Waals surface area contributed by atoms with Gasteiger partial charge >= 0.3 is 0 Å². The minimum atomic E-state index is -0.274. The molecule has 1 unspecified atom stereocenters. The smallest absolute Gasteiger partial charge is 0.0837 e. The molecule has 0 radical (unpaired) electrons. The van der Waals surface area contributed by atoms with E-state index < -0.39 is 0 Å². The van der Waals surface area contributed by atoms with Gasteiger partial charge in [0.2, 0.25) is 0 Å². The van der Waals surface area contributed by atoms with Crippen molar-refractivity contribution in [2.45, 2.75) is 45.6 Å². The number of thiophene rings is 1. The monoisotopic (exact) mass is 316 g/mol. The highest BCUT2D eigenvalue weighted by atomic mass is 79.9. The molecular formula is C14H21BrOS. The fourth-order valence-corrected chi connectivity index (χ4v) is 4.44. The van der Waals surface area contributed by atoms with Crippen molar-refractivity contribution >= 4 is 27.3 Å². The lowest BCUT2D eigenvalue weighted by Crippen LogP contribution is -2.22. The molecule has 17 heavy (non-hydrogen) atoms. The van der Waals surface area contributed by atoms with Crippen LogP contribution < -0.4 is 0 Å². The van der Waals surface area contributed by atoms with Crippen molar-refractivity contribution in [2.75, 3.05) is 0 Å². The second-order valence-corrected chi connectivity index (χ2v) is 7.14. The Morgan fingerprint density at radius 1 is 1.18 bits per heavy atom. The van der Waals surface area contributed by atoms with Crippen LogP contribution in [0.2, 0.25) is 0 Å². The molecule has 2 rings (SSSR count). The van der Waals surface area contributed by atoms with Crippen LogP contribution in [0.4, 0.5) is 0 Å². The molecule has 0 spiro atoms. The molecule has 96 valence electrons. The SMILES string of the molecule is CC(C)C1CCC(C(O)c2cscc2Br)CC1. The summed E-state index contributed by atoms with van der Waals surface area (Å²) in [4.78, 5) is 0. The second kappa shape index (κ2) is 5.85. The maximum absolute atomic E-state index is 10.4. The zero-order chi connectivity index (χ0) is 12.4. The molecule has 0 amide bonds. The van der Waals surface area contributed by atoms with Crippen molar-refractivity contribution in [3.63, 3.8) is 0 Å². The average molecular weight is 317 g/mol. The normalized spacial score (nSPS) is 27.4. The Bertz CT molecular complexity index is 353. The van der Waals surface area contributed by atoms with Crippen molar-refractivity contribution in [3.8, 4) is 0 Å². The number of hydrogen-bond donors (Lipinski definition) is 1. The quantitative estimate of drug-likeness (QED) is 0.831. The van der Waals surface area contributed by atoms with Gasteiger partial charge in [-0.25, -0.2) is 0 Å². The highest BCUT2D eigenvalue weighted by Crippen LogP contribution is 2.41. The average Bonchev–Trinajstić information content (AvgIpc) is 2.74. The first kappa shape index (κ1) is 13.6. The molecule has 3 heteroatoms. The van der Waals surface area contributed by atoms with Crippen LogP contribution in [0.3, 0.4) is 0 Å². The van der Waals surface area contributed by atoms with Crippen molar-refractivity contribution < 1.29 is 5.11 Å². The fraction of sp³-hybridized carbons (Fsp3) is 0.714. The lowest BCUT2D eigenvalue weighted by atomic mass is 9.74. The Hall–Kier alpha value is 0.140. The van der Waals surface area contributed by atoms with Gasteiger partial charge in [0, 0.05) is 15.4 Å². The van der Waals surface area contributed by atoms with E-state index >= 15 is 0 Å². The summed E-state index contributed by atoms with van der Waals surface area (Å²) in [6, 6.07) is 0. The summed E-state index contributed by atoms with van der Waals surface area (Å²) < 4.78 is 1.07. The van der Waals surface area contributed by atoms with Gasteiger partial charge in [-0.15, -0.1) is 0 Å². The molecule has 1 N–H and O–H groups in total. The van der Waals surface area contributed by atoms with Crippen molar-refractivity contribution in [1.29, 1.82) is 0 Å². The number of aliphatic hydroxyl groups is 1. The lowest BCUT2D eigenvalue weighted by Gasteiger charge is -2.33. The van der Waals surface area contributed by atoms with E-state index in [1.807, 2.05) is 0 Å². The molecule has 1 nitrogen and oxygen atoms in total. The van der Waals surface area contributed by atoms with Crippen LogP contribution >= 0.6 is 27.3 Å². The van der Waals surface area contributed by atoms with E-state index in [2.05, 4.69) is 40.5 Å². The molecule has 0 aromatic carbocycles. The predicted molar refractivity (Wildman–Crippen MR) is 77.3 cm³/mol. The number of rotatable bonds is 3. The molecule has 1 aromatic rings. The summed E-state index contributed by atoms with van der Waals surface area (Å²) in [6.45, 7) is 4.63. The molecular weight excluding hydrogens is 296 g/mol. The summed E-state index contributed by atoms with van der Waals surface area (Å²) in [7, 11) is 0. The molecule has 1 fully saturated rings. The zero-order valence-electron chi connectivity index (χ0n) is 10.5. The molecule has 0 aliphatic heterocycles. The Morgan fingerprint density at radius 2 is 1.76 bits per heavy atom. The fourth-order valence-electron chi connectivity index (χ4n) is 2.88. The Morgan fingerprint density at radius 3 is 2.24 bits per heavy atom. The van der Waals surface area contributed by atoms with Crippen LogP contribution in [0.15, 0.2) is 15.2 Å². The van der Waals surface area contributed by atoms with E-state index in [0.717, 1.165) is 21.9 Å². The molecule has 1 heterocycles. The third-order valence-electron chi connectivity index (χ3n) is 4.17. The van der Waals surface area contributed by atoms with Gasteiger partial charge in [-0.05, 0) is 64.7 Å². The Kier molecular flexibility index (Phi) is 4.67. The zero-order valence-corrected chi connectivity index (χ0v) is 12.9. The largest absolute Gasteiger partial charge is 0.388 e. The van der Waals surface area contributed by atoms with E-state index in [-0.39, 0.29) is 6.10 Å². The minimum Gasteiger partial charge on any atom is -0.388 e. The standard InChI is InChI=1S/C14H21BrOS/c1-9(2)10-3-5-11(6-4-10)14(16)12-7-17-8-13(12)15/h7-11,14,16H,3-6H2,1-2H3. The van der Waals surface area contributed by atoms with Crippen molar-refractivity contribution in [1.82, 2.24) is 0 Å². The van der Waals surface area contributed by atoms with E-state index in [0.29, 0.717) is 5.92 Å². The van der Waals surface area contributed by atoms with Crippen LogP contribution in [0.1, 0.15) is 51.2 Å². The van der Waals surface area contributed by atoms with Crippen LogP contribution in [-0.2, 0) is 0 Å². The Balaban J connectivity index is 1.95. The molecule has 1 aromatic heterocycles. The van der Waals surface area contributed by atoms with Crippen LogP contribution in [0.25, 0.3) is 0 Å². The highest BCUT2D eigenvalue weighted by molar-refractivity contribution is 9.10. The van der Waals surface area contributed by atoms with Gasteiger partial charge in [-0.1, -0.05) is 13.8 Å². The predicted octanol–water partition coefficient (Wildman–Crippen LogP) is 5.01. The van der Waals surface area contributed by atoms with Gasteiger partial charge in [-0.2, -0.15) is 11.3 Å². The first-order valence-electron chi connectivity index (χ1n) is 6.49. The first-order chi connectivity index (χ1) is 8.09. The van der Waals surface area contributed by atoms with Gasteiger partial charge in [0.25, 0.3) is 0 Å². The Labute approximate surface area is 116 Å². The third-order valence-corrected chi connectivity index (χ3v) is 5.92. The number of hydrogen-bond acceptors (Lipinski definition) is 2. The summed E-state index contributed by atoms with van der Waals surface area (Å²) in [5.74, 6) is 2.11. The first-order valence-corrected chi connectivity index (χ1v) is 8.22. The molecule has 0 saturated heterocycles. The van der Waals surface area contributed by atoms with E-state index in [9.17, 15) is 5.11 Å². The van der Waals surface area contributed by atoms with Gasteiger partial charge in [0.05, 0.1) is 6.10 Å². The maximum atomic E-state index is 10.4. The molecule has 1 atom stereocenters. The topological polar surface area (TPSA) is 20.2 Å². The molecule has 1 aliphatic rings. The molecule has 1 saturated carbocycles. The van der Waals surface area contributed by atoms with E-state index in [1.165, 1.54) is 25.7 Å². The lowest BCUT2D eigenvalue weighted by molar-refractivity contribution is 0.0666. The van der Waals surface area contributed by atoms with Gasteiger partial charge in [-0.3, -0.25) is 0 Å². The maximum Gasteiger partial charge on any atom is 0.0837 e. The highest BCUT2D eigenvalue weighted by Gasteiger charge is 2.29. The minimum absolute atomic E-state index is 0.274. The van der Waals surface area contributed by atoms with Crippen molar-refractivity contribution in [3.05, 3.63) is 20.8 Å². The summed E-state index contributed by atoms with van der Waals surface area (Å²) in [5, 5.41) is 14.5. The van der Waals surface area contributed by atoms with Crippen LogP contribution in [-0.4, -0.2) is 5.11 Å². The summed E-state index contributed by atoms with van der Waals surface area (Å²) in [6.07, 6.45) is 4.63. The number of aliphatic hydroxyl groups excluding tert-OH is 1.